The summed E-state index contributed by atoms with van der Waals surface area (Å²) in [6.07, 6.45) is -1.11. The second kappa shape index (κ2) is 9.65. The predicted molar refractivity (Wildman–Crippen MR) is 133 cm³/mol. The second-order valence-corrected chi connectivity index (χ2v) is 10.5. The molecule has 0 radical (unpaired) electrons. The molecule has 0 spiro atoms. The van der Waals surface area contributed by atoms with Gasteiger partial charge >= 0.3 is 0 Å². The van der Waals surface area contributed by atoms with Gasteiger partial charge in [-0.2, -0.15) is 0 Å². The van der Waals surface area contributed by atoms with Crippen molar-refractivity contribution >= 4 is 34.2 Å². The first-order chi connectivity index (χ1) is 17.2. The van der Waals surface area contributed by atoms with Gasteiger partial charge in [-0.05, 0) is 26.0 Å². The van der Waals surface area contributed by atoms with Crippen molar-refractivity contribution in [2.24, 2.45) is 0 Å². The van der Waals surface area contributed by atoms with E-state index in [9.17, 15) is 25.3 Å². The van der Waals surface area contributed by atoms with Gasteiger partial charge in [-0.1, -0.05) is 11.8 Å². The van der Waals surface area contributed by atoms with Crippen molar-refractivity contribution in [2.75, 3.05) is 43.1 Å². The summed E-state index contributed by atoms with van der Waals surface area (Å²) in [6.45, 7) is 6.72. The molecule has 0 amide bonds. The molecule has 1 fully saturated rings. The molecule has 2 aliphatic rings. The Balaban J connectivity index is 1.31. The number of aryl methyl sites for hydroxylation is 1. The first-order valence-electron chi connectivity index (χ1n) is 11.7. The molecule has 2 unspecified atom stereocenters. The van der Waals surface area contributed by atoms with Crippen LogP contribution < -0.4 is 15.8 Å². The van der Waals surface area contributed by atoms with Crippen LogP contribution in [-0.4, -0.2) is 78.4 Å². The third-order valence-corrected chi connectivity index (χ3v) is 8.10. The molecule has 13 heteroatoms. The number of rotatable bonds is 7. The molecule has 4 heterocycles. The van der Waals surface area contributed by atoms with E-state index in [0.717, 1.165) is 0 Å². The summed E-state index contributed by atoms with van der Waals surface area (Å²) in [5.41, 5.74) is 2.37. The standard InChI is InChI=1S/C23H29FN6O5S/c1-12-25-9-19(26-35)29(12)11-14(31)10-27-3-5-28(6-4-27)18-8-17-15(7-16(18)24)21(32)20(23(33)34)22-30(17)13(2)36-22/h7-9,13-14,23,26,31,33-35H,3-6,10-11H2,1-2H3. The summed E-state index contributed by atoms with van der Waals surface area (Å²) in [5.74, 6) is 0.544. The van der Waals surface area contributed by atoms with Gasteiger partial charge in [0.1, 0.15) is 17.5 Å². The highest BCUT2D eigenvalue weighted by Crippen LogP contribution is 2.47. The fourth-order valence-electron chi connectivity index (χ4n) is 5.06. The van der Waals surface area contributed by atoms with Gasteiger partial charge in [0.25, 0.3) is 0 Å². The Morgan fingerprint density at radius 2 is 1.92 bits per heavy atom. The van der Waals surface area contributed by atoms with Crippen molar-refractivity contribution in [3.8, 4) is 0 Å². The van der Waals surface area contributed by atoms with E-state index < -0.39 is 23.6 Å². The molecule has 1 saturated heterocycles. The quantitative estimate of drug-likeness (QED) is 0.228. The summed E-state index contributed by atoms with van der Waals surface area (Å²) >= 11 is 1.38. The topological polar surface area (TPSA) is 139 Å². The number of piperazine rings is 1. The molecule has 0 aliphatic carbocycles. The Morgan fingerprint density at radius 3 is 2.56 bits per heavy atom. The normalized spacial score (nSPS) is 19.0. The Kier molecular flexibility index (Phi) is 6.70. The number of thioether (sulfide) groups is 1. The summed E-state index contributed by atoms with van der Waals surface area (Å²) in [5, 5.41) is 39.8. The molecule has 2 atom stereocenters. The van der Waals surface area contributed by atoms with Crippen LogP contribution in [-0.2, 0) is 6.54 Å². The van der Waals surface area contributed by atoms with Crippen LogP contribution >= 0.6 is 11.8 Å². The molecular weight excluding hydrogens is 491 g/mol. The third kappa shape index (κ3) is 4.25. The zero-order valence-corrected chi connectivity index (χ0v) is 20.7. The van der Waals surface area contributed by atoms with Crippen LogP contribution in [0.15, 0.2) is 28.2 Å². The summed E-state index contributed by atoms with van der Waals surface area (Å²) in [6, 6.07) is 2.87. The highest BCUT2D eigenvalue weighted by molar-refractivity contribution is 8.00. The predicted octanol–water partition coefficient (Wildman–Crippen LogP) is 1.24. The monoisotopic (exact) mass is 520 g/mol. The van der Waals surface area contributed by atoms with Crippen molar-refractivity contribution in [2.45, 2.75) is 43.2 Å². The number of pyridine rings is 1. The van der Waals surface area contributed by atoms with E-state index in [-0.39, 0.29) is 22.9 Å². The largest absolute Gasteiger partial charge is 0.390 e. The molecule has 2 aromatic heterocycles. The highest BCUT2D eigenvalue weighted by Gasteiger charge is 2.33. The molecule has 2 aliphatic heterocycles. The number of aromatic nitrogens is 3. The van der Waals surface area contributed by atoms with Gasteiger partial charge in [0.05, 0.1) is 46.0 Å². The number of halogens is 1. The SMILES string of the molecule is Cc1ncc(NO)n1CC(O)CN1CCN(c2cc3c(cc2F)c(=O)c(C(O)O)c2n3C(C)S2)CC1. The van der Waals surface area contributed by atoms with Gasteiger partial charge < -0.3 is 29.4 Å². The zero-order chi connectivity index (χ0) is 25.7. The Labute approximate surface area is 210 Å². The Bertz CT molecular complexity index is 1350. The maximum Gasteiger partial charge on any atom is 0.198 e. The van der Waals surface area contributed by atoms with E-state index in [1.807, 2.05) is 16.4 Å². The van der Waals surface area contributed by atoms with E-state index in [4.69, 9.17) is 0 Å². The smallest absolute Gasteiger partial charge is 0.198 e. The van der Waals surface area contributed by atoms with Crippen molar-refractivity contribution in [3.63, 3.8) is 0 Å². The fraction of sp³-hybridized carbons (Fsp3) is 0.478. The molecule has 5 N–H and O–H groups in total. The molecule has 36 heavy (non-hydrogen) atoms. The number of hydrogen-bond donors (Lipinski definition) is 5. The lowest BCUT2D eigenvalue weighted by Crippen LogP contribution is -2.49. The minimum Gasteiger partial charge on any atom is -0.390 e. The maximum absolute atomic E-state index is 15.2. The molecular formula is C23H29FN6O5S. The lowest BCUT2D eigenvalue weighted by molar-refractivity contribution is -0.0462. The maximum atomic E-state index is 15.2. The fourth-order valence-corrected chi connectivity index (χ4v) is 6.24. The Hall–Kier alpha value is -2.68. The number of β-amino-alcohol motifs (C(OH)–C–C–N with tert-alkyl or cyclic N) is 1. The number of fused-ring (bicyclic) bond motifs is 3. The molecule has 1 aromatic carbocycles. The number of aliphatic hydroxyl groups is 3. The number of hydrogen-bond acceptors (Lipinski definition) is 10. The van der Waals surface area contributed by atoms with Crippen LogP contribution in [0.1, 0.15) is 30.0 Å². The molecule has 11 nitrogen and oxygen atoms in total. The minimum atomic E-state index is -1.92. The zero-order valence-electron chi connectivity index (χ0n) is 19.9. The van der Waals surface area contributed by atoms with Crippen LogP contribution in [0.4, 0.5) is 15.9 Å². The lowest BCUT2D eigenvalue weighted by atomic mass is 10.1. The van der Waals surface area contributed by atoms with E-state index in [0.29, 0.717) is 60.6 Å². The van der Waals surface area contributed by atoms with Crippen LogP contribution in [0.3, 0.4) is 0 Å². The van der Waals surface area contributed by atoms with E-state index in [1.165, 1.54) is 24.0 Å². The number of nitrogens with one attached hydrogen (secondary N) is 1. The van der Waals surface area contributed by atoms with Crippen molar-refractivity contribution in [3.05, 3.63) is 45.8 Å². The van der Waals surface area contributed by atoms with Gasteiger partial charge in [0.2, 0.25) is 0 Å². The average Bonchev–Trinajstić information content (AvgIpc) is 3.18. The van der Waals surface area contributed by atoms with Gasteiger partial charge in [0, 0.05) is 38.1 Å². The van der Waals surface area contributed by atoms with Crippen LogP contribution in [0, 0.1) is 12.7 Å². The summed E-state index contributed by atoms with van der Waals surface area (Å²) in [4.78, 5) is 21.0. The molecule has 5 rings (SSSR count). The molecule has 3 aromatic rings. The summed E-state index contributed by atoms with van der Waals surface area (Å²) in [7, 11) is 0. The van der Waals surface area contributed by atoms with Gasteiger partial charge in [-0.3, -0.25) is 20.4 Å². The Morgan fingerprint density at radius 1 is 1.19 bits per heavy atom. The molecule has 0 saturated carbocycles. The van der Waals surface area contributed by atoms with Crippen molar-refractivity contribution in [1.29, 1.82) is 0 Å². The first kappa shape index (κ1) is 25.0. The van der Waals surface area contributed by atoms with Crippen molar-refractivity contribution < 1.29 is 24.9 Å². The number of nitrogens with zero attached hydrogens (tertiary/aromatic N) is 5. The summed E-state index contributed by atoms with van der Waals surface area (Å²) < 4.78 is 18.7. The van der Waals surface area contributed by atoms with Crippen LogP contribution in [0.5, 0.6) is 0 Å². The number of anilines is 2. The van der Waals surface area contributed by atoms with Gasteiger partial charge in [-0.15, -0.1) is 0 Å². The van der Waals surface area contributed by atoms with Crippen molar-refractivity contribution in [1.82, 2.24) is 19.0 Å². The highest BCUT2D eigenvalue weighted by atomic mass is 32.2. The lowest BCUT2D eigenvalue weighted by Gasteiger charge is -2.38. The number of imidazole rings is 1. The van der Waals surface area contributed by atoms with E-state index >= 15 is 4.39 Å². The third-order valence-electron chi connectivity index (χ3n) is 6.91. The van der Waals surface area contributed by atoms with Crippen LogP contribution in [0.2, 0.25) is 0 Å². The average molecular weight is 521 g/mol. The molecule has 0 bridgehead atoms. The second-order valence-electron chi connectivity index (χ2n) is 9.18. The van der Waals surface area contributed by atoms with Gasteiger partial charge in [-0.25, -0.2) is 9.37 Å². The minimum absolute atomic E-state index is 0.0158. The van der Waals surface area contributed by atoms with Crippen LogP contribution in [0.25, 0.3) is 10.9 Å². The first-order valence-corrected chi connectivity index (χ1v) is 12.6. The number of benzene rings is 1. The van der Waals surface area contributed by atoms with E-state index in [2.05, 4.69) is 15.4 Å². The van der Waals surface area contributed by atoms with E-state index in [1.54, 1.807) is 17.6 Å². The molecule has 194 valence electrons. The van der Waals surface area contributed by atoms with Gasteiger partial charge in [0.15, 0.2) is 11.7 Å². The number of aliphatic hydroxyl groups excluding tert-OH is 2.